The molecule has 0 spiro atoms. The van der Waals surface area contributed by atoms with Gasteiger partial charge in [-0.25, -0.2) is 0 Å². The summed E-state index contributed by atoms with van der Waals surface area (Å²) >= 11 is 0. The van der Waals surface area contributed by atoms with Gasteiger partial charge in [0.05, 0.1) is 0 Å². The molecular formula is C13H29N3. The molecule has 1 rings (SSSR count). The SMILES string of the molecule is CCC1CNCC1N(CC)C(C)CN(C)C. The molecule has 3 heteroatoms. The van der Waals surface area contributed by atoms with E-state index in [1.165, 1.54) is 19.5 Å². The Morgan fingerprint density at radius 3 is 2.44 bits per heavy atom. The van der Waals surface area contributed by atoms with E-state index in [2.05, 4.69) is 50.0 Å². The van der Waals surface area contributed by atoms with Crippen LogP contribution in [0.3, 0.4) is 0 Å². The number of hydrogen-bond donors (Lipinski definition) is 1. The second-order valence-corrected chi connectivity index (χ2v) is 5.34. The van der Waals surface area contributed by atoms with E-state index < -0.39 is 0 Å². The van der Waals surface area contributed by atoms with Crippen molar-refractivity contribution < 1.29 is 0 Å². The van der Waals surface area contributed by atoms with E-state index in [0.29, 0.717) is 6.04 Å². The Labute approximate surface area is 101 Å². The number of rotatable bonds is 6. The number of nitrogens with zero attached hydrogens (tertiary/aromatic N) is 2. The molecule has 0 aromatic carbocycles. The maximum atomic E-state index is 3.54. The fourth-order valence-corrected chi connectivity index (χ4v) is 3.03. The zero-order valence-corrected chi connectivity index (χ0v) is 11.7. The molecule has 0 aromatic heterocycles. The van der Waals surface area contributed by atoms with Gasteiger partial charge in [0.1, 0.15) is 0 Å². The van der Waals surface area contributed by atoms with Crippen molar-refractivity contribution in [2.45, 2.75) is 39.3 Å². The third-order valence-corrected chi connectivity index (χ3v) is 3.82. The van der Waals surface area contributed by atoms with Crippen molar-refractivity contribution >= 4 is 0 Å². The van der Waals surface area contributed by atoms with Crippen molar-refractivity contribution in [2.24, 2.45) is 5.92 Å². The predicted octanol–water partition coefficient (Wildman–Crippen LogP) is 1.26. The first kappa shape index (κ1) is 13.9. The average molecular weight is 227 g/mol. The highest BCUT2D eigenvalue weighted by Gasteiger charge is 2.32. The summed E-state index contributed by atoms with van der Waals surface area (Å²) in [5, 5.41) is 3.54. The van der Waals surface area contributed by atoms with Crippen LogP contribution in [-0.4, -0.2) is 62.2 Å². The van der Waals surface area contributed by atoms with Gasteiger partial charge in [-0.2, -0.15) is 0 Å². The lowest BCUT2D eigenvalue weighted by atomic mass is 9.98. The van der Waals surface area contributed by atoms with Crippen molar-refractivity contribution in [1.82, 2.24) is 15.1 Å². The minimum atomic E-state index is 0.652. The van der Waals surface area contributed by atoms with Crippen LogP contribution in [0.2, 0.25) is 0 Å². The second kappa shape index (κ2) is 6.58. The van der Waals surface area contributed by atoms with E-state index in [0.717, 1.165) is 25.0 Å². The lowest BCUT2D eigenvalue weighted by molar-refractivity contribution is 0.110. The Balaban J connectivity index is 2.58. The summed E-state index contributed by atoms with van der Waals surface area (Å²) in [6.45, 7) is 11.6. The molecule has 1 aliphatic rings. The standard InChI is InChI=1S/C13H29N3/c1-6-12-8-14-9-13(12)16(7-2)11(3)10-15(4)5/h11-14H,6-10H2,1-5H3. The summed E-state index contributed by atoms with van der Waals surface area (Å²) in [4.78, 5) is 4.96. The molecule has 0 amide bonds. The zero-order chi connectivity index (χ0) is 12.1. The van der Waals surface area contributed by atoms with Crippen LogP contribution in [0, 0.1) is 5.92 Å². The molecule has 0 aromatic rings. The number of likely N-dealkylation sites (N-methyl/N-ethyl adjacent to an activating group) is 2. The van der Waals surface area contributed by atoms with Gasteiger partial charge in [0.2, 0.25) is 0 Å². The molecule has 1 aliphatic heterocycles. The summed E-state index contributed by atoms with van der Waals surface area (Å²) in [5.74, 6) is 0.838. The van der Waals surface area contributed by atoms with E-state index in [1.807, 2.05) is 0 Å². The summed E-state index contributed by atoms with van der Waals surface area (Å²) in [5.41, 5.74) is 0. The topological polar surface area (TPSA) is 18.5 Å². The van der Waals surface area contributed by atoms with Gasteiger partial charge >= 0.3 is 0 Å². The minimum absolute atomic E-state index is 0.652. The Bertz CT molecular complexity index is 194. The van der Waals surface area contributed by atoms with Crippen molar-refractivity contribution in [3.05, 3.63) is 0 Å². The van der Waals surface area contributed by atoms with Crippen LogP contribution in [0.4, 0.5) is 0 Å². The summed E-state index contributed by atoms with van der Waals surface area (Å²) in [6, 6.07) is 1.39. The smallest absolute Gasteiger partial charge is 0.0264 e. The second-order valence-electron chi connectivity index (χ2n) is 5.34. The largest absolute Gasteiger partial charge is 0.315 e. The molecule has 1 heterocycles. The Morgan fingerprint density at radius 2 is 1.94 bits per heavy atom. The highest BCUT2D eigenvalue weighted by molar-refractivity contribution is 4.90. The average Bonchev–Trinajstić information content (AvgIpc) is 2.66. The highest BCUT2D eigenvalue weighted by Crippen LogP contribution is 2.21. The Hall–Kier alpha value is -0.120. The molecule has 0 radical (unpaired) electrons. The molecule has 0 saturated carbocycles. The zero-order valence-electron chi connectivity index (χ0n) is 11.7. The molecule has 96 valence electrons. The summed E-state index contributed by atoms with van der Waals surface area (Å²) in [7, 11) is 4.32. The predicted molar refractivity (Wildman–Crippen MR) is 70.8 cm³/mol. The minimum Gasteiger partial charge on any atom is -0.315 e. The van der Waals surface area contributed by atoms with Gasteiger partial charge in [0.25, 0.3) is 0 Å². The summed E-state index contributed by atoms with van der Waals surface area (Å²) in [6.07, 6.45) is 1.29. The van der Waals surface area contributed by atoms with Crippen molar-refractivity contribution in [3.8, 4) is 0 Å². The fourth-order valence-electron chi connectivity index (χ4n) is 3.03. The van der Waals surface area contributed by atoms with Crippen LogP contribution in [0.25, 0.3) is 0 Å². The maximum absolute atomic E-state index is 3.54. The first-order valence-electron chi connectivity index (χ1n) is 6.71. The molecule has 3 unspecified atom stereocenters. The van der Waals surface area contributed by atoms with Gasteiger partial charge in [0.15, 0.2) is 0 Å². The lowest BCUT2D eigenvalue weighted by Gasteiger charge is -2.37. The molecule has 16 heavy (non-hydrogen) atoms. The van der Waals surface area contributed by atoms with Crippen molar-refractivity contribution in [2.75, 3.05) is 40.3 Å². The van der Waals surface area contributed by atoms with E-state index >= 15 is 0 Å². The van der Waals surface area contributed by atoms with Crippen LogP contribution in [0.1, 0.15) is 27.2 Å². The molecule has 0 aliphatic carbocycles. The molecule has 1 saturated heterocycles. The van der Waals surface area contributed by atoms with Gasteiger partial charge in [0, 0.05) is 25.2 Å². The highest BCUT2D eigenvalue weighted by atomic mass is 15.2. The normalized spacial score (nSPS) is 27.9. The van der Waals surface area contributed by atoms with Crippen LogP contribution < -0.4 is 5.32 Å². The molecule has 1 N–H and O–H groups in total. The van der Waals surface area contributed by atoms with Gasteiger partial charge in [-0.1, -0.05) is 20.3 Å². The van der Waals surface area contributed by atoms with E-state index in [4.69, 9.17) is 0 Å². The van der Waals surface area contributed by atoms with Gasteiger partial charge < -0.3 is 10.2 Å². The van der Waals surface area contributed by atoms with Crippen LogP contribution >= 0.6 is 0 Å². The molecule has 0 bridgehead atoms. The van der Waals surface area contributed by atoms with Gasteiger partial charge in [-0.3, -0.25) is 4.90 Å². The number of hydrogen-bond acceptors (Lipinski definition) is 3. The van der Waals surface area contributed by atoms with Gasteiger partial charge in [-0.15, -0.1) is 0 Å². The van der Waals surface area contributed by atoms with Crippen LogP contribution in [0.5, 0.6) is 0 Å². The van der Waals surface area contributed by atoms with E-state index in [-0.39, 0.29) is 0 Å². The third kappa shape index (κ3) is 3.44. The van der Waals surface area contributed by atoms with Gasteiger partial charge in [-0.05, 0) is 40.0 Å². The molecular weight excluding hydrogens is 198 g/mol. The molecule has 3 atom stereocenters. The molecule has 3 nitrogen and oxygen atoms in total. The maximum Gasteiger partial charge on any atom is 0.0264 e. The number of nitrogens with one attached hydrogen (secondary N) is 1. The monoisotopic (exact) mass is 227 g/mol. The fraction of sp³-hybridized carbons (Fsp3) is 1.00. The quantitative estimate of drug-likeness (QED) is 0.737. The van der Waals surface area contributed by atoms with E-state index in [9.17, 15) is 0 Å². The van der Waals surface area contributed by atoms with Crippen molar-refractivity contribution in [1.29, 1.82) is 0 Å². The third-order valence-electron chi connectivity index (χ3n) is 3.82. The Morgan fingerprint density at radius 1 is 1.25 bits per heavy atom. The molecule has 1 fully saturated rings. The van der Waals surface area contributed by atoms with E-state index in [1.54, 1.807) is 0 Å². The first-order chi connectivity index (χ1) is 7.60. The van der Waals surface area contributed by atoms with Crippen LogP contribution in [-0.2, 0) is 0 Å². The first-order valence-corrected chi connectivity index (χ1v) is 6.71. The van der Waals surface area contributed by atoms with Crippen LogP contribution in [0.15, 0.2) is 0 Å². The van der Waals surface area contributed by atoms with Crippen molar-refractivity contribution in [3.63, 3.8) is 0 Å². The summed E-state index contributed by atoms with van der Waals surface area (Å²) < 4.78 is 0. The Kier molecular flexibility index (Phi) is 5.73. The lowest BCUT2D eigenvalue weighted by Crippen LogP contribution is -2.49.